The van der Waals surface area contributed by atoms with Crippen LogP contribution in [0.3, 0.4) is 0 Å². The van der Waals surface area contributed by atoms with Crippen LogP contribution in [0.1, 0.15) is 23.8 Å². The van der Waals surface area contributed by atoms with Gasteiger partial charge in [0.05, 0.1) is 32.1 Å². The molecule has 1 N–H and O–H groups in total. The molecule has 1 aliphatic carbocycles. The number of fused-ring (bicyclic) bond motifs is 2. The van der Waals surface area contributed by atoms with E-state index < -0.39 is 0 Å². The standard InChI is InChI=1S/C23H16BrN5S/c24-14-5-7-17(26-12-14)20-11-19-16(2-1-9-25-19)22(28-20)27-15-6-8-18-21(10-15)30-23(29-18)13-3-4-13/h1-2,5-13H,3-4H2,(H,27,28). The van der Waals surface area contributed by atoms with Gasteiger partial charge in [-0.3, -0.25) is 9.97 Å². The fourth-order valence-electron chi connectivity index (χ4n) is 3.49. The van der Waals surface area contributed by atoms with Crippen LogP contribution in [0.5, 0.6) is 0 Å². The van der Waals surface area contributed by atoms with Crippen LogP contribution in [0.15, 0.2) is 65.4 Å². The van der Waals surface area contributed by atoms with Gasteiger partial charge >= 0.3 is 0 Å². The Balaban J connectivity index is 1.43. The summed E-state index contributed by atoms with van der Waals surface area (Å²) in [7, 11) is 0. The van der Waals surface area contributed by atoms with Crippen molar-refractivity contribution in [1.82, 2.24) is 19.9 Å². The Bertz CT molecular complexity index is 1390. The first-order valence-corrected chi connectivity index (χ1v) is 11.4. The van der Waals surface area contributed by atoms with Crippen LogP contribution in [0.25, 0.3) is 32.5 Å². The molecule has 30 heavy (non-hydrogen) atoms. The van der Waals surface area contributed by atoms with Gasteiger partial charge in [0, 0.05) is 33.9 Å². The van der Waals surface area contributed by atoms with Crippen LogP contribution in [0, 0.1) is 0 Å². The number of rotatable bonds is 4. The molecule has 0 unspecified atom stereocenters. The molecule has 1 fully saturated rings. The summed E-state index contributed by atoms with van der Waals surface area (Å²) in [4.78, 5) is 18.7. The van der Waals surface area contributed by atoms with E-state index >= 15 is 0 Å². The molecule has 0 spiro atoms. The summed E-state index contributed by atoms with van der Waals surface area (Å²) in [6.45, 7) is 0. The van der Waals surface area contributed by atoms with E-state index in [0.717, 1.165) is 43.8 Å². The molecule has 0 amide bonds. The highest BCUT2D eigenvalue weighted by Crippen LogP contribution is 2.43. The van der Waals surface area contributed by atoms with E-state index in [1.165, 1.54) is 22.5 Å². The zero-order valence-corrected chi connectivity index (χ0v) is 18.2. The Labute approximate surface area is 185 Å². The molecule has 5 nitrogen and oxygen atoms in total. The maximum absolute atomic E-state index is 4.88. The number of aromatic nitrogens is 4. The second kappa shape index (κ2) is 7.11. The number of hydrogen-bond acceptors (Lipinski definition) is 6. The van der Waals surface area contributed by atoms with E-state index in [0.29, 0.717) is 5.92 Å². The van der Waals surface area contributed by atoms with E-state index in [4.69, 9.17) is 9.97 Å². The summed E-state index contributed by atoms with van der Waals surface area (Å²) >= 11 is 5.24. The SMILES string of the molecule is Brc1ccc(-c2cc3ncccc3c(Nc3ccc4nc(C5CC5)sc4c3)n2)nc1. The van der Waals surface area contributed by atoms with Gasteiger partial charge < -0.3 is 5.32 Å². The number of halogens is 1. The molecule has 0 saturated heterocycles. The highest BCUT2D eigenvalue weighted by molar-refractivity contribution is 9.10. The van der Waals surface area contributed by atoms with Crippen LogP contribution < -0.4 is 5.32 Å². The van der Waals surface area contributed by atoms with E-state index in [1.807, 2.05) is 30.3 Å². The minimum Gasteiger partial charge on any atom is -0.340 e. The van der Waals surface area contributed by atoms with Crippen molar-refractivity contribution < 1.29 is 0 Å². The second-order valence-corrected chi connectivity index (χ2v) is 9.40. The average molecular weight is 474 g/mol. The molecule has 0 radical (unpaired) electrons. The van der Waals surface area contributed by atoms with Crippen LogP contribution in [-0.4, -0.2) is 19.9 Å². The van der Waals surface area contributed by atoms with Gasteiger partial charge in [-0.1, -0.05) is 0 Å². The lowest BCUT2D eigenvalue weighted by Crippen LogP contribution is -1.98. The van der Waals surface area contributed by atoms with Gasteiger partial charge in [-0.25, -0.2) is 9.97 Å². The molecule has 5 aromatic rings. The van der Waals surface area contributed by atoms with Gasteiger partial charge in [0.15, 0.2) is 0 Å². The minimum absolute atomic E-state index is 0.672. The molecular weight excluding hydrogens is 458 g/mol. The third-order valence-corrected chi connectivity index (χ3v) is 6.83. The number of anilines is 2. The molecule has 146 valence electrons. The summed E-state index contributed by atoms with van der Waals surface area (Å²) in [6.07, 6.45) is 6.12. The first-order valence-electron chi connectivity index (χ1n) is 9.78. The number of benzene rings is 1. The smallest absolute Gasteiger partial charge is 0.140 e. The first kappa shape index (κ1) is 17.9. The van der Waals surface area contributed by atoms with Crippen LogP contribution in [0.4, 0.5) is 11.5 Å². The third-order valence-electron chi connectivity index (χ3n) is 5.18. The Morgan fingerprint density at radius 2 is 1.87 bits per heavy atom. The van der Waals surface area contributed by atoms with E-state index in [9.17, 15) is 0 Å². The monoisotopic (exact) mass is 473 g/mol. The summed E-state index contributed by atoms with van der Waals surface area (Å²) in [5.74, 6) is 1.44. The van der Waals surface area contributed by atoms with Crippen molar-refractivity contribution in [2.24, 2.45) is 0 Å². The van der Waals surface area contributed by atoms with Gasteiger partial charge in [0.25, 0.3) is 0 Å². The molecule has 1 saturated carbocycles. The van der Waals surface area contributed by atoms with Crippen molar-refractivity contribution in [3.8, 4) is 11.4 Å². The molecule has 7 heteroatoms. The van der Waals surface area contributed by atoms with Crippen molar-refractivity contribution >= 4 is 59.9 Å². The molecule has 4 heterocycles. The Morgan fingerprint density at radius 3 is 2.70 bits per heavy atom. The minimum atomic E-state index is 0.672. The fraction of sp³-hybridized carbons (Fsp3) is 0.130. The first-order chi connectivity index (χ1) is 14.7. The zero-order chi connectivity index (χ0) is 20.1. The molecule has 0 atom stereocenters. The zero-order valence-electron chi connectivity index (χ0n) is 15.8. The van der Waals surface area contributed by atoms with Crippen LogP contribution in [0.2, 0.25) is 0 Å². The highest BCUT2D eigenvalue weighted by Gasteiger charge is 2.27. The number of thiazole rings is 1. The Hall–Kier alpha value is -2.90. The summed E-state index contributed by atoms with van der Waals surface area (Å²) < 4.78 is 2.14. The van der Waals surface area contributed by atoms with Crippen molar-refractivity contribution in [1.29, 1.82) is 0 Å². The quantitative estimate of drug-likeness (QED) is 0.315. The molecule has 0 aliphatic heterocycles. The van der Waals surface area contributed by atoms with E-state index in [2.05, 4.69) is 49.4 Å². The predicted molar refractivity (Wildman–Crippen MR) is 125 cm³/mol. The molecule has 1 aromatic carbocycles. The van der Waals surface area contributed by atoms with Gasteiger partial charge in [-0.05, 0) is 77.3 Å². The molecule has 6 rings (SSSR count). The predicted octanol–water partition coefficient (Wildman–Crippen LogP) is 6.69. The van der Waals surface area contributed by atoms with Gasteiger partial charge in [-0.2, -0.15) is 0 Å². The lowest BCUT2D eigenvalue weighted by atomic mass is 10.1. The normalized spacial score (nSPS) is 13.8. The average Bonchev–Trinajstić information content (AvgIpc) is 3.53. The van der Waals surface area contributed by atoms with Crippen molar-refractivity contribution in [3.63, 3.8) is 0 Å². The maximum Gasteiger partial charge on any atom is 0.140 e. The van der Waals surface area contributed by atoms with Crippen molar-refractivity contribution in [2.45, 2.75) is 18.8 Å². The third kappa shape index (κ3) is 3.34. The number of hydrogen-bond donors (Lipinski definition) is 1. The number of nitrogens with one attached hydrogen (secondary N) is 1. The Morgan fingerprint density at radius 1 is 0.933 bits per heavy atom. The molecule has 0 bridgehead atoms. The van der Waals surface area contributed by atoms with Crippen LogP contribution in [-0.2, 0) is 0 Å². The lowest BCUT2D eigenvalue weighted by Gasteiger charge is -2.11. The second-order valence-electron chi connectivity index (χ2n) is 7.42. The number of nitrogens with zero attached hydrogens (tertiary/aromatic N) is 4. The fourth-order valence-corrected chi connectivity index (χ4v) is 4.90. The van der Waals surface area contributed by atoms with Gasteiger partial charge in [0.2, 0.25) is 0 Å². The summed E-state index contributed by atoms with van der Waals surface area (Å²) in [5.41, 5.74) is 4.53. The van der Waals surface area contributed by atoms with E-state index in [1.54, 1.807) is 23.7 Å². The van der Waals surface area contributed by atoms with Crippen molar-refractivity contribution in [2.75, 3.05) is 5.32 Å². The molecular formula is C23H16BrN5S. The summed E-state index contributed by atoms with van der Waals surface area (Å²) in [6, 6.07) is 16.2. The number of pyridine rings is 3. The Kier molecular flexibility index (Phi) is 4.24. The lowest BCUT2D eigenvalue weighted by molar-refractivity contribution is 1.10. The molecule has 4 aromatic heterocycles. The highest BCUT2D eigenvalue weighted by atomic mass is 79.9. The maximum atomic E-state index is 4.88. The van der Waals surface area contributed by atoms with Crippen LogP contribution >= 0.6 is 27.3 Å². The topological polar surface area (TPSA) is 63.6 Å². The van der Waals surface area contributed by atoms with Gasteiger partial charge in [-0.15, -0.1) is 11.3 Å². The van der Waals surface area contributed by atoms with Gasteiger partial charge in [0.1, 0.15) is 5.82 Å². The largest absolute Gasteiger partial charge is 0.340 e. The van der Waals surface area contributed by atoms with E-state index in [-0.39, 0.29) is 0 Å². The molecule has 1 aliphatic rings. The summed E-state index contributed by atoms with van der Waals surface area (Å²) in [5, 5.41) is 5.74. The van der Waals surface area contributed by atoms with Crippen molar-refractivity contribution in [3.05, 3.63) is 70.4 Å².